The minimum absolute atomic E-state index is 0.282. The Balaban J connectivity index is 1.96. The molecule has 0 amide bonds. The number of sulfonamides is 1. The van der Waals surface area contributed by atoms with Gasteiger partial charge in [-0.1, -0.05) is 30.3 Å². The molecular formula is C15H18N2O2S. The van der Waals surface area contributed by atoms with Crippen LogP contribution in [-0.4, -0.2) is 22.0 Å². The Bertz CT molecular complexity index is 637. The molecule has 0 heterocycles. The number of rotatable bonds is 6. The van der Waals surface area contributed by atoms with Gasteiger partial charge in [0.2, 0.25) is 10.0 Å². The van der Waals surface area contributed by atoms with E-state index in [0.717, 1.165) is 11.3 Å². The van der Waals surface area contributed by atoms with E-state index >= 15 is 0 Å². The number of hydrogen-bond acceptors (Lipinski definition) is 3. The Morgan fingerprint density at radius 3 is 2.20 bits per heavy atom. The number of anilines is 1. The van der Waals surface area contributed by atoms with Crippen LogP contribution in [-0.2, 0) is 16.4 Å². The molecule has 0 fully saturated rings. The van der Waals surface area contributed by atoms with Gasteiger partial charge < -0.3 is 5.32 Å². The van der Waals surface area contributed by atoms with Crippen LogP contribution in [0.4, 0.5) is 5.69 Å². The predicted octanol–water partition coefficient (Wildman–Crippen LogP) is 2.25. The summed E-state index contributed by atoms with van der Waals surface area (Å²) in [6.45, 7) is 0.389. The minimum atomic E-state index is -3.43. The van der Waals surface area contributed by atoms with Gasteiger partial charge in [-0.2, -0.15) is 0 Å². The molecule has 0 radical (unpaired) electrons. The third kappa shape index (κ3) is 3.82. The first-order valence-electron chi connectivity index (χ1n) is 6.43. The lowest BCUT2D eigenvalue weighted by molar-refractivity contribution is 0.581. The van der Waals surface area contributed by atoms with Crippen LogP contribution in [0.2, 0.25) is 0 Å². The van der Waals surface area contributed by atoms with Gasteiger partial charge in [-0.3, -0.25) is 0 Å². The Morgan fingerprint density at radius 1 is 0.950 bits per heavy atom. The summed E-state index contributed by atoms with van der Waals surface area (Å²) in [5.41, 5.74) is 1.99. The van der Waals surface area contributed by atoms with Gasteiger partial charge in [-0.15, -0.1) is 0 Å². The van der Waals surface area contributed by atoms with Gasteiger partial charge in [0.15, 0.2) is 0 Å². The van der Waals surface area contributed by atoms with E-state index in [1.807, 2.05) is 30.3 Å². The molecule has 0 aliphatic rings. The van der Waals surface area contributed by atoms with Crippen LogP contribution in [0.15, 0.2) is 59.5 Å². The fourth-order valence-corrected chi connectivity index (χ4v) is 2.89. The fraction of sp³-hybridized carbons (Fsp3) is 0.200. The number of hydrogen-bond donors (Lipinski definition) is 2. The molecule has 0 aliphatic heterocycles. The molecule has 0 spiro atoms. The van der Waals surface area contributed by atoms with Gasteiger partial charge >= 0.3 is 0 Å². The van der Waals surface area contributed by atoms with Gasteiger partial charge in [0.25, 0.3) is 0 Å². The van der Waals surface area contributed by atoms with E-state index in [1.165, 1.54) is 0 Å². The van der Waals surface area contributed by atoms with Crippen LogP contribution in [0.3, 0.4) is 0 Å². The fourth-order valence-electron chi connectivity index (χ4n) is 1.86. The molecule has 0 bridgehead atoms. The summed E-state index contributed by atoms with van der Waals surface area (Å²) in [4.78, 5) is 0.282. The van der Waals surface area contributed by atoms with Gasteiger partial charge in [-0.05, 0) is 36.2 Å². The molecular weight excluding hydrogens is 272 g/mol. The second-order valence-electron chi connectivity index (χ2n) is 4.41. The summed E-state index contributed by atoms with van der Waals surface area (Å²) in [7, 11) is -1.64. The maximum Gasteiger partial charge on any atom is 0.240 e. The van der Waals surface area contributed by atoms with E-state index in [2.05, 4.69) is 10.0 Å². The van der Waals surface area contributed by atoms with Crippen molar-refractivity contribution < 1.29 is 8.42 Å². The lowest BCUT2D eigenvalue weighted by atomic mass is 10.2. The molecule has 20 heavy (non-hydrogen) atoms. The van der Waals surface area contributed by atoms with Crippen molar-refractivity contribution in [1.82, 2.24) is 4.72 Å². The SMILES string of the molecule is CNc1ccc(S(=O)(=O)NCCc2ccccc2)cc1. The first kappa shape index (κ1) is 14.6. The monoisotopic (exact) mass is 290 g/mol. The van der Waals surface area contributed by atoms with Crippen LogP contribution < -0.4 is 10.0 Å². The highest BCUT2D eigenvalue weighted by Crippen LogP contribution is 2.13. The lowest BCUT2D eigenvalue weighted by Gasteiger charge is -2.07. The van der Waals surface area contributed by atoms with E-state index in [9.17, 15) is 8.42 Å². The van der Waals surface area contributed by atoms with E-state index in [1.54, 1.807) is 31.3 Å². The van der Waals surface area contributed by atoms with E-state index in [4.69, 9.17) is 0 Å². The third-order valence-electron chi connectivity index (χ3n) is 3.00. The third-order valence-corrected chi connectivity index (χ3v) is 4.48. The van der Waals surface area contributed by atoms with Crippen molar-refractivity contribution in [3.8, 4) is 0 Å². The van der Waals surface area contributed by atoms with Crippen LogP contribution in [0.25, 0.3) is 0 Å². The second-order valence-corrected chi connectivity index (χ2v) is 6.17. The molecule has 0 atom stereocenters. The lowest BCUT2D eigenvalue weighted by Crippen LogP contribution is -2.25. The summed E-state index contributed by atoms with van der Waals surface area (Å²) in [6, 6.07) is 16.5. The average molecular weight is 290 g/mol. The molecule has 2 rings (SSSR count). The zero-order chi connectivity index (χ0) is 14.4. The summed E-state index contributed by atoms with van der Waals surface area (Å²) >= 11 is 0. The molecule has 106 valence electrons. The molecule has 2 aromatic rings. The van der Waals surface area contributed by atoms with Gasteiger partial charge in [0.1, 0.15) is 0 Å². The standard InChI is InChI=1S/C15H18N2O2S/c1-16-14-7-9-15(10-8-14)20(18,19)17-12-11-13-5-3-2-4-6-13/h2-10,16-17H,11-12H2,1H3. The van der Waals surface area contributed by atoms with Crippen molar-refractivity contribution in [2.45, 2.75) is 11.3 Å². The van der Waals surface area contributed by atoms with E-state index < -0.39 is 10.0 Å². The highest BCUT2D eigenvalue weighted by atomic mass is 32.2. The zero-order valence-corrected chi connectivity index (χ0v) is 12.2. The van der Waals surface area contributed by atoms with Crippen molar-refractivity contribution >= 4 is 15.7 Å². The van der Waals surface area contributed by atoms with Crippen LogP contribution >= 0.6 is 0 Å². The van der Waals surface area contributed by atoms with Crippen LogP contribution in [0.5, 0.6) is 0 Å². The molecule has 0 aliphatic carbocycles. The highest BCUT2D eigenvalue weighted by Gasteiger charge is 2.12. The molecule has 0 aromatic heterocycles. The molecule has 0 unspecified atom stereocenters. The Hall–Kier alpha value is -1.85. The predicted molar refractivity (Wildman–Crippen MR) is 81.3 cm³/mol. The molecule has 4 nitrogen and oxygen atoms in total. The summed E-state index contributed by atoms with van der Waals surface area (Å²) in [5.74, 6) is 0. The van der Waals surface area contributed by atoms with Gasteiger partial charge in [-0.25, -0.2) is 13.1 Å². The van der Waals surface area contributed by atoms with Crippen molar-refractivity contribution in [3.05, 3.63) is 60.2 Å². The van der Waals surface area contributed by atoms with Crippen molar-refractivity contribution in [1.29, 1.82) is 0 Å². The van der Waals surface area contributed by atoms with Crippen LogP contribution in [0.1, 0.15) is 5.56 Å². The summed E-state index contributed by atoms with van der Waals surface area (Å²) in [5, 5.41) is 2.96. The van der Waals surface area contributed by atoms with Gasteiger partial charge in [0, 0.05) is 19.3 Å². The maximum atomic E-state index is 12.1. The van der Waals surface area contributed by atoms with Crippen molar-refractivity contribution in [3.63, 3.8) is 0 Å². The maximum absolute atomic E-state index is 12.1. The van der Waals surface area contributed by atoms with E-state index in [-0.39, 0.29) is 4.90 Å². The zero-order valence-electron chi connectivity index (χ0n) is 11.3. The number of nitrogens with one attached hydrogen (secondary N) is 2. The minimum Gasteiger partial charge on any atom is -0.388 e. The highest BCUT2D eigenvalue weighted by molar-refractivity contribution is 7.89. The summed E-state index contributed by atoms with van der Waals surface area (Å²) in [6.07, 6.45) is 0.675. The number of benzene rings is 2. The topological polar surface area (TPSA) is 58.2 Å². The normalized spacial score (nSPS) is 11.2. The van der Waals surface area contributed by atoms with Crippen molar-refractivity contribution in [2.75, 3.05) is 18.9 Å². The molecule has 0 saturated heterocycles. The smallest absolute Gasteiger partial charge is 0.240 e. The largest absolute Gasteiger partial charge is 0.388 e. The second kappa shape index (κ2) is 6.54. The Kier molecular flexibility index (Phi) is 4.76. The quantitative estimate of drug-likeness (QED) is 0.858. The van der Waals surface area contributed by atoms with Gasteiger partial charge in [0.05, 0.1) is 4.90 Å². The first-order chi connectivity index (χ1) is 9.62. The average Bonchev–Trinajstić information content (AvgIpc) is 2.48. The molecule has 2 N–H and O–H groups in total. The molecule has 2 aromatic carbocycles. The molecule has 5 heteroatoms. The Morgan fingerprint density at radius 2 is 1.60 bits per heavy atom. The van der Waals surface area contributed by atoms with Crippen LogP contribution in [0, 0.1) is 0 Å². The Labute approximate surface area is 119 Å². The van der Waals surface area contributed by atoms with E-state index in [0.29, 0.717) is 13.0 Å². The van der Waals surface area contributed by atoms with Crippen molar-refractivity contribution in [2.24, 2.45) is 0 Å². The molecule has 0 saturated carbocycles. The summed E-state index contributed by atoms with van der Waals surface area (Å²) < 4.78 is 26.8. The first-order valence-corrected chi connectivity index (χ1v) is 7.91.